The minimum absolute atomic E-state index is 0.0216. The van der Waals surface area contributed by atoms with Crippen LogP contribution in [0.4, 0.5) is 0 Å². The predicted molar refractivity (Wildman–Crippen MR) is 152 cm³/mol. The van der Waals surface area contributed by atoms with Crippen molar-refractivity contribution in [2.24, 2.45) is 5.92 Å². The molecule has 2 aromatic heterocycles. The second-order valence-corrected chi connectivity index (χ2v) is 10.8. The Balaban J connectivity index is 1.05. The molecule has 0 spiro atoms. The number of piperidine rings is 1. The number of pyridine rings is 1. The van der Waals surface area contributed by atoms with E-state index in [-0.39, 0.29) is 42.1 Å². The molecule has 1 N–H and O–H groups in total. The molecule has 39 heavy (non-hydrogen) atoms. The van der Waals surface area contributed by atoms with Gasteiger partial charge in [-0.1, -0.05) is 42.5 Å². The second kappa shape index (κ2) is 10.6. The molecular formula is C32H34N4O3. The largest absolute Gasteiger partial charge is 0.356 e. The van der Waals surface area contributed by atoms with E-state index in [0.29, 0.717) is 26.2 Å². The Kier molecular flexibility index (Phi) is 6.81. The van der Waals surface area contributed by atoms with E-state index in [4.69, 9.17) is 0 Å². The minimum atomic E-state index is -0.0955. The molecule has 1 fully saturated rings. The van der Waals surface area contributed by atoms with Crippen LogP contribution in [0.2, 0.25) is 0 Å². The zero-order valence-corrected chi connectivity index (χ0v) is 22.3. The Bertz CT molecular complexity index is 1590. The number of rotatable bonds is 7. The molecule has 0 radical (unpaired) electrons. The van der Waals surface area contributed by atoms with Crippen molar-refractivity contribution in [3.8, 4) is 5.69 Å². The van der Waals surface area contributed by atoms with Gasteiger partial charge in [0.25, 0.3) is 5.56 Å². The van der Waals surface area contributed by atoms with Crippen molar-refractivity contribution in [3.63, 3.8) is 0 Å². The quantitative estimate of drug-likeness (QED) is 0.396. The summed E-state index contributed by atoms with van der Waals surface area (Å²) < 4.78 is 4.14. The molecule has 2 amide bonds. The van der Waals surface area contributed by atoms with E-state index in [9.17, 15) is 14.4 Å². The maximum atomic E-state index is 13.0. The van der Waals surface area contributed by atoms with E-state index in [1.165, 1.54) is 16.6 Å². The highest BCUT2D eigenvalue weighted by atomic mass is 16.2. The van der Waals surface area contributed by atoms with Gasteiger partial charge in [-0.3, -0.25) is 14.4 Å². The van der Waals surface area contributed by atoms with Gasteiger partial charge >= 0.3 is 0 Å². The average molecular weight is 523 g/mol. The van der Waals surface area contributed by atoms with Gasteiger partial charge < -0.3 is 19.4 Å². The Morgan fingerprint density at radius 2 is 1.69 bits per heavy atom. The maximum Gasteiger partial charge on any atom is 0.250 e. The van der Waals surface area contributed by atoms with Crippen LogP contribution in [0.25, 0.3) is 16.6 Å². The number of hydrogen-bond acceptors (Lipinski definition) is 3. The van der Waals surface area contributed by atoms with Crippen LogP contribution in [-0.4, -0.2) is 45.5 Å². The third kappa shape index (κ3) is 4.89. The molecule has 1 saturated heterocycles. The molecule has 0 saturated carbocycles. The first-order valence-electron chi connectivity index (χ1n) is 13.9. The second-order valence-electron chi connectivity index (χ2n) is 10.8. The Morgan fingerprint density at radius 3 is 2.54 bits per heavy atom. The fourth-order valence-corrected chi connectivity index (χ4v) is 6.55. The summed E-state index contributed by atoms with van der Waals surface area (Å²) in [6.07, 6.45) is 2.12. The van der Waals surface area contributed by atoms with E-state index in [0.717, 1.165) is 29.7 Å². The van der Waals surface area contributed by atoms with Crippen LogP contribution in [0.1, 0.15) is 42.1 Å². The van der Waals surface area contributed by atoms with Gasteiger partial charge in [0, 0.05) is 73.5 Å². The number of para-hydroxylation sites is 2. The number of nitrogens with one attached hydrogen (secondary N) is 1. The van der Waals surface area contributed by atoms with Crippen molar-refractivity contribution in [3.05, 3.63) is 100 Å². The number of aromatic nitrogens is 2. The maximum absolute atomic E-state index is 13.0. The van der Waals surface area contributed by atoms with Gasteiger partial charge in [0.15, 0.2) is 0 Å². The monoisotopic (exact) mass is 522 g/mol. The standard InChI is InChI=1S/C32H34N4O3/c1-22-26(27-10-5-6-11-29(27)36(22)25-8-3-2-4-9-25)16-17-33-30(37)14-15-31(38)34-19-23-18-24(21-34)28-12-7-13-32(39)35(28)20-23/h2-13,23-24H,14-21H2,1H3,(H,33,37)/t23-,24+/m0/s1. The highest BCUT2D eigenvalue weighted by molar-refractivity contribution is 5.87. The first-order chi connectivity index (χ1) is 19.0. The van der Waals surface area contributed by atoms with E-state index >= 15 is 0 Å². The molecule has 2 aromatic carbocycles. The van der Waals surface area contributed by atoms with Crippen LogP contribution in [0.3, 0.4) is 0 Å². The van der Waals surface area contributed by atoms with Crippen molar-refractivity contribution in [1.29, 1.82) is 0 Å². The zero-order chi connectivity index (χ0) is 26.9. The number of hydrogen-bond donors (Lipinski definition) is 1. The first kappa shape index (κ1) is 25.2. The van der Waals surface area contributed by atoms with Crippen molar-refractivity contribution in [1.82, 2.24) is 19.4 Å². The molecule has 2 aliphatic rings. The first-order valence-corrected chi connectivity index (χ1v) is 13.9. The number of benzene rings is 2. The summed E-state index contributed by atoms with van der Waals surface area (Å²) in [5.74, 6) is 0.399. The molecule has 2 atom stereocenters. The minimum Gasteiger partial charge on any atom is -0.356 e. The molecular weight excluding hydrogens is 488 g/mol. The summed E-state index contributed by atoms with van der Waals surface area (Å²) in [5.41, 5.74) is 5.75. The number of fused-ring (bicyclic) bond motifs is 5. The molecule has 2 aliphatic heterocycles. The fraction of sp³-hybridized carbons (Fsp3) is 0.344. The third-order valence-electron chi connectivity index (χ3n) is 8.35. The number of carbonyl (C=O) groups excluding carboxylic acids is 2. The van der Waals surface area contributed by atoms with Gasteiger partial charge in [-0.2, -0.15) is 0 Å². The van der Waals surface area contributed by atoms with Crippen LogP contribution in [0.15, 0.2) is 77.6 Å². The summed E-state index contributed by atoms with van der Waals surface area (Å²) >= 11 is 0. The van der Waals surface area contributed by atoms with Gasteiger partial charge in [0.1, 0.15) is 0 Å². The van der Waals surface area contributed by atoms with Crippen molar-refractivity contribution in [2.75, 3.05) is 19.6 Å². The summed E-state index contributed by atoms with van der Waals surface area (Å²) in [7, 11) is 0. The van der Waals surface area contributed by atoms with Crippen LogP contribution < -0.4 is 10.9 Å². The average Bonchev–Trinajstić information content (AvgIpc) is 3.23. The van der Waals surface area contributed by atoms with E-state index in [2.05, 4.69) is 53.2 Å². The smallest absolute Gasteiger partial charge is 0.250 e. The normalized spacial score (nSPS) is 18.1. The molecule has 4 heterocycles. The summed E-state index contributed by atoms with van der Waals surface area (Å²) in [5, 5.41) is 4.23. The predicted octanol–water partition coefficient (Wildman–Crippen LogP) is 4.19. The molecule has 4 aromatic rings. The van der Waals surface area contributed by atoms with Crippen LogP contribution in [-0.2, 0) is 22.6 Å². The third-order valence-corrected chi connectivity index (χ3v) is 8.35. The molecule has 0 unspecified atom stereocenters. The highest BCUT2D eigenvalue weighted by Crippen LogP contribution is 2.35. The molecule has 0 aliphatic carbocycles. The lowest BCUT2D eigenvalue weighted by atomic mass is 9.83. The van der Waals surface area contributed by atoms with Crippen LogP contribution in [0, 0.1) is 12.8 Å². The SMILES string of the molecule is Cc1c(CCNC(=O)CCC(=O)N2C[C@@H]3C[C@H](C2)c2cccc(=O)n2C3)c2ccccc2n1-c1ccccc1. The Labute approximate surface area is 228 Å². The summed E-state index contributed by atoms with van der Waals surface area (Å²) in [6, 6.07) is 24.1. The molecule has 2 bridgehead atoms. The lowest BCUT2D eigenvalue weighted by Crippen LogP contribution is -2.49. The molecule has 6 rings (SSSR count). The Hall–Kier alpha value is -4.13. The number of carbonyl (C=O) groups is 2. The molecule has 7 nitrogen and oxygen atoms in total. The number of nitrogens with zero attached hydrogens (tertiary/aromatic N) is 3. The van der Waals surface area contributed by atoms with Crippen molar-refractivity contribution in [2.45, 2.75) is 45.1 Å². The zero-order valence-electron chi connectivity index (χ0n) is 22.3. The van der Waals surface area contributed by atoms with Gasteiger partial charge in [0.2, 0.25) is 11.8 Å². The Morgan fingerprint density at radius 1 is 0.897 bits per heavy atom. The fourth-order valence-electron chi connectivity index (χ4n) is 6.55. The van der Waals surface area contributed by atoms with Gasteiger partial charge in [-0.15, -0.1) is 0 Å². The highest BCUT2D eigenvalue weighted by Gasteiger charge is 2.36. The molecule has 7 heteroatoms. The van der Waals surface area contributed by atoms with E-state index in [1.54, 1.807) is 12.1 Å². The van der Waals surface area contributed by atoms with Crippen LogP contribution >= 0.6 is 0 Å². The van der Waals surface area contributed by atoms with Gasteiger partial charge in [-0.25, -0.2) is 0 Å². The topological polar surface area (TPSA) is 76.3 Å². The molecule has 200 valence electrons. The summed E-state index contributed by atoms with van der Waals surface area (Å²) in [6.45, 7) is 4.59. The summed E-state index contributed by atoms with van der Waals surface area (Å²) in [4.78, 5) is 39.8. The van der Waals surface area contributed by atoms with Gasteiger partial charge in [0.05, 0.1) is 5.52 Å². The lowest BCUT2D eigenvalue weighted by Gasteiger charge is -2.42. The van der Waals surface area contributed by atoms with E-state index < -0.39 is 0 Å². The van der Waals surface area contributed by atoms with Crippen molar-refractivity contribution >= 4 is 22.7 Å². The number of amides is 2. The number of likely N-dealkylation sites (tertiary alicyclic amines) is 1. The van der Waals surface area contributed by atoms with E-state index in [1.807, 2.05) is 33.7 Å². The van der Waals surface area contributed by atoms with Crippen LogP contribution in [0.5, 0.6) is 0 Å². The lowest BCUT2D eigenvalue weighted by molar-refractivity contribution is -0.136. The van der Waals surface area contributed by atoms with Gasteiger partial charge in [-0.05, 0) is 55.5 Å². The van der Waals surface area contributed by atoms with Crippen molar-refractivity contribution < 1.29 is 9.59 Å².